The Hall–Kier alpha value is -1.61. The van der Waals surface area contributed by atoms with Crippen molar-refractivity contribution in [3.8, 4) is 0 Å². The van der Waals surface area contributed by atoms with Crippen molar-refractivity contribution in [1.29, 1.82) is 0 Å². The Balaban J connectivity index is 1.75. The van der Waals surface area contributed by atoms with Crippen LogP contribution in [0.5, 0.6) is 0 Å². The molecule has 0 aliphatic carbocycles. The van der Waals surface area contributed by atoms with Crippen molar-refractivity contribution < 1.29 is 14.0 Å². The SMILES string of the molecule is CCN1C(=O)C(CC(=O)Nc2cccc(Cl)c2Cl)SC1=Nc1ccc(Br)cc1F. The monoisotopic (exact) mass is 517 g/mol. The van der Waals surface area contributed by atoms with Gasteiger partial charge in [-0.1, -0.05) is 57.0 Å². The predicted octanol–water partition coefficient (Wildman–Crippen LogP) is 5.88. The zero-order valence-electron chi connectivity index (χ0n) is 15.1. The van der Waals surface area contributed by atoms with Crippen LogP contribution in [0.1, 0.15) is 13.3 Å². The molecule has 0 radical (unpaired) electrons. The number of benzene rings is 2. The minimum absolute atomic E-state index is 0.0787. The van der Waals surface area contributed by atoms with Gasteiger partial charge in [0.05, 0.1) is 15.7 Å². The number of aliphatic imine (C=N–C) groups is 1. The van der Waals surface area contributed by atoms with Gasteiger partial charge in [0.1, 0.15) is 16.8 Å². The fourth-order valence-corrected chi connectivity index (χ4v) is 4.56. The maximum absolute atomic E-state index is 14.1. The Morgan fingerprint density at radius 2 is 2.10 bits per heavy atom. The molecule has 1 fully saturated rings. The zero-order valence-corrected chi connectivity index (χ0v) is 19.0. The van der Waals surface area contributed by atoms with E-state index in [1.165, 1.54) is 17.0 Å². The topological polar surface area (TPSA) is 61.8 Å². The minimum atomic E-state index is -0.662. The van der Waals surface area contributed by atoms with Crippen molar-refractivity contribution in [3.05, 3.63) is 56.7 Å². The second kappa shape index (κ2) is 9.47. The largest absolute Gasteiger partial charge is 0.325 e. The van der Waals surface area contributed by atoms with Crippen molar-refractivity contribution in [1.82, 2.24) is 4.90 Å². The molecule has 1 N–H and O–H groups in total. The summed E-state index contributed by atoms with van der Waals surface area (Å²) in [5.41, 5.74) is 0.496. The number of halogens is 4. The molecule has 1 aliphatic heterocycles. The fourth-order valence-electron chi connectivity index (χ4n) is 2.66. The number of nitrogens with zero attached hydrogens (tertiary/aromatic N) is 2. The second-order valence-corrected chi connectivity index (χ2v) is 8.90. The highest BCUT2D eigenvalue weighted by molar-refractivity contribution is 9.10. The molecule has 1 atom stereocenters. The first-order chi connectivity index (χ1) is 13.8. The Morgan fingerprint density at radius 3 is 2.79 bits per heavy atom. The lowest BCUT2D eigenvalue weighted by molar-refractivity contribution is -0.128. The number of thioether (sulfide) groups is 1. The molecular weight excluding hydrogens is 504 g/mol. The Kier molecular flexibility index (Phi) is 7.21. The molecule has 152 valence electrons. The Bertz CT molecular complexity index is 1010. The summed E-state index contributed by atoms with van der Waals surface area (Å²) in [7, 11) is 0. The molecule has 1 heterocycles. The molecule has 29 heavy (non-hydrogen) atoms. The average Bonchev–Trinajstić information content (AvgIpc) is 2.95. The van der Waals surface area contributed by atoms with Crippen molar-refractivity contribution in [2.75, 3.05) is 11.9 Å². The van der Waals surface area contributed by atoms with Crippen molar-refractivity contribution in [2.45, 2.75) is 18.6 Å². The number of carbonyl (C=O) groups excluding carboxylic acids is 2. The molecule has 1 unspecified atom stereocenters. The molecule has 0 spiro atoms. The van der Waals surface area contributed by atoms with Gasteiger partial charge in [0.15, 0.2) is 5.17 Å². The zero-order chi connectivity index (χ0) is 21.1. The van der Waals surface area contributed by atoms with Crippen LogP contribution in [0.2, 0.25) is 10.0 Å². The number of carbonyl (C=O) groups is 2. The molecule has 3 rings (SSSR count). The van der Waals surface area contributed by atoms with E-state index in [0.717, 1.165) is 11.8 Å². The molecular formula is C19H15BrCl2FN3O2S. The van der Waals surface area contributed by atoms with Crippen molar-refractivity contribution >= 4 is 79.3 Å². The highest BCUT2D eigenvalue weighted by Gasteiger charge is 2.38. The molecule has 2 amide bonds. The van der Waals surface area contributed by atoms with Crippen LogP contribution in [0.15, 0.2) is 45.9 Å². The smallest absolute Gasteiger partial charge is 0.242 e. The van der Waals surface area contributed by atoms with E-state index in [2.05, 4.69) is 26.2 Å². The van der Waals surface area contributed by atoms with Crippen LogP contribution in [-0.2, 0) is 9.59 Å². The number of amidine groups is 1. The van der Waals surface area contributed by atoms with E-state index in [0.29, 0.717) is 26.9 Å². The standard InChI is InChI=1S/C19H15BrCl2FN3O2S/c1-2-26-18(28)15(9-16(27)24-14-5-3-4-11(21)17(14)22)29-19(26)25-13-7-6-10(20)8-12(13)23/h3-8,15H,2,9H2,1H3,(H,24,27). The third-order valence-corrected chi connectivity index (χ3v) is 6.55. The van der Waals surface area contributed by atoms with E-state index in [4.69, 9.17) is 23.2 Å². The van der Waals surface area contributed by atoms with Gasteiger partial charge < -0.3 is 5.32 Å². The summed E-state index contributed by atoms with van der Waals surface area (Å²) in [6, 6.07) is 9.38. The first kappa shape index (κ1) is 22.1. The van der Waals surface area contributed by atoms with Crippen LogP contribution in [0.25, 0.3) is 0 Å². The second-order valence-electron chi connectivity index (χ2n) is 6.03. The first-order valence-corrected chi connectivity index (χ1v) is 11.0. The van der Waals surface area contributed by atoms with Gasteiger partial charge in [-0.25, -0.2) is 9.38 Å². The van der Waals surface area contributed by atoms with Crippen LogP contribution in [0.4, 0.5) is 15.8 Å². The number of anilines is 1. The molecule has 10 heteroatoms. The number of nitrogens with one attached hydrogen (secondary N) is 1. The minimum Gasteiger partial charge on any atom is -0.325 e. The maximum atomic E-state index is 14.1. The maximum Gasteiger partial charge on any atom is 0.242 e. The van der Waals surface area contributed by atoms with Gasteiger partial charge in [-0.2, -0.15) is 0 Å². The van der Waals surface area contributed by atoms with Crippen LogP contribution in [0, 0.1) is 5.82 Å². The highest BCUT2D eigenvalue weighted by atomic mass is 79.9. The summed E-state index contributed by atoms with van der Waals surface area (Å²) >= 11 is 16.4. The van der Waals surface area contributed by atoms with Gasteiger partial charge in [-0.3, -0.25) is 14.5 Å². The van der Waals surface area contributed by atoms with Gasteiger partial charge >= 0.3 is 0 Å². The number of hydrogen-bond donors (Lipinski definition) is 1. The van der Waals surface area contributed by atoms with Crippen LogP contribution in [-0.4, -0.2) is 33.7 Å². The number of amides is 2. The van der Waals surface area contributed by atoms with Gasteiger partial charge in [-0.05, 0) is 37.3 Å². The summed E-state index contributed by atoms with van der Waals surface area (Å²) in [5, 5.41) is 2.91. The average molecular weight is 519 g/mol. The molecule has 1 saturated heterocycles. The summed E-state index contributed by atoms with van der Waals surface area (Å²) in [4.78, 5) is 30.8. The Labute approximate surface area is 189 Å². The molecule has 0 saturated carbocycles. The van der Waals surface area contributed by atoms with Crippen molar-refractivity contribution in [3.63, 3.8) is 0 Å². The number of rotatable bonds is 5. The summed E-state index contributed by atoms with van der Waals surface area (Å²) in [6.07, 6.45) is -0.0787. The normalized spacial score (nSPS) is 17.8. The van der Waals surface area contributed by atoms with Crippen LogP contribution < -0.4 is 5.32 Å². The van der Waals surface area contributed by atoms with E-state index in [-0.39, 0.29) is 28.9 Å². The van der Waals surface area contributed by atoms with Crippen molar-refractivity contribution in [2.24, 2.45) is 4.99 Å². The fraction of sp³-hybridized carbons (Fsp3) is 0.211. The quantitative estimate of drug-likeness (QED) is 0.538. The number of hydrogen-bond acceptors (Lipinski definition) is 4. The summed E-state index contributed by atoms with van der Waals surface area (Å²) in [5.74, 6) is -1.14. The lowest BCUT2D eigenvalue weighted by Gasteiger charge is -2.13. The van der Waals surface area contributed by atoms with E-state index >= 15 is 0 Å². The van der Waals surface area contributed by atoms with Gasteiger partial charge in [0, 0.05) is 17.4 Å². The first-order valence-electron chi connectivity index (χ1n) is 8.55. The highest BCUT2D eigenvalue weighted by Crippen LogP contribution is 2.34. The third-order valence-electron chi connectivity index (χ3n) is 4.06. The lowest BCUT2D eigenvalue weighted by atomic mass is 10.2. The summed E-state index contributed by atoms with van der Waals surface area (Å²) in [6.45, 7) is 2.15. The van der Waals surface area contributed by atoms with Gasteiger partial charge in [0.25, 0.3) is 0 Å². The van der Waals surface area contributed by atoms with Gasteiger partial charge in [0.2, 0.25) is 11.8 Å². The van der Waals surface area contributed by atoms with E-state index < -0.39 is 11.1 Å². The van der Waals surface area contributed by atoms with Crippen LogP contribution >= 0.6 is 50.9 Å². The molecule has 5 nitrogen and oxygen atoms in total. The van der Waals surface area contributed by atoms with Gasteiger partial charge in [-0.15, -0.1) is 0 Å². The third kappa shape index (κ3) is 5.12. The van der Waals surface area contributed by atoms with Crippen LogP contribution in [0.3, 0.4) is 0 Å². The molecule has 2 aromatic carbocycles. The summed E-state index contributed by atoms with van der Waals surface area (Å²) < 4.78 is 14.7. The van der Waals surface area contributed by atoms with E-state index in [1.807, 2.05) is 0 Å². The molecule has 1 aliphatic rings. The predicted molar refractivity (Wildman–Crippen MR) is 120 cm³/mol. The molecule has 0 bridgehead atoms. The molecule has 2 aromatic rings. The molecule has 0 aromatic heterocycles. The van der Waals surface area contributed by atoms with E-state index in [1.54, 1.807) is 31.2 Å². The van der Waals surface area contributed by atoms with E-state index in [9.17, 15) is 14.0 Å². The lowest BCUT2D eigenvalue weighted by Crippen LogP contribution is -2.33. The Morgan fingerprint density at radius 1 is 1.34 bits per heavy atom.